The lowest BCUT2D eigenvalue weighted by atomic mass is 10.2. The highest BCUT2D eigenvalue weighted by atomic mass is 79.9. The van der Waals surface area contributed by atoms with Crippen molar-refractivity contribution in [3.05, 3.63) is 56.6 Å². The van der Waals surface area contributed by atoms with Gasteiger partial charge in [-0.05, 0) is 28.1 Å². The zero-order chi connectivity index (χ0) is 15.6. The number of benzene rings is 2. The van der Waals surface area contributed by atoms with Gasteiger partial charge in [0.15, 0.2) is 0 Å². The molecule has 9 heteroatoms. The molecule has 0 bridgehead atoms. The van der Waals surface area contributed by atoms with E-state index in [1.807, 2.05) is 0 Å². The number of nitrogens with two attached hydrogens (primary N) is 1. The van der Waals surface area contributed by atoms with Crippen LogP contribution in [-0.2, 0) is 0 Å². The van der Waals surface area contributed by atoms with Crippen LogP contribution in [0.2, 0.25) is 0 Å². The third kappa shape index (κ3) is 3.44. The average molecular weight is 359 g/mol. The number of halogens is 3. The highest BCUT2D eigenvalue weighted by Crippen LogP contribution is 2.30. The van der Waals surface area contributed by atoms with Crippen molar-refractivity contribution >= 4 is 38.7 Å². The fourth-order valence-corrected chi connectivity index (χ4v) is 1.99. The van der Waals surface area contributed by atoms with Crippen molar-refractivity contribution in [2.75, 3.05) is 10.7 Å². The number of hydrogen-bond acceptors (Lipinski definition) is 5. The average Bonchev–Trinajstić information content (AvgIpc) is 2.44. The van der Waals surface area contributed by atoms with Crippen LogP contribution in [0.25, 0.3) is 0 Å². The monoisotopic (exact) mass is 358 g/mol. The summed E-state index contributed by atoms with van der Waals surface area (Å²) in [7, 11) is 0. The molecule has 0 aliphatic heterocycles. The number of nitro groups is 1. The first-order valence-corrected chi connectivity index (χ1v) is 6.37. The minimum absolute atomic E-state index is 0.0354. The highest BCUT2D eigenvalue weighted by molar-refractivity contribution is 9.10. The number of nitrogens with zero attached hydrogens (tertiary/aromatic N) is 1. The second kappa shape index (κ2) is 6.02. The number of hydrogen-bond donors (Lipinski definition) is 3. The SMILES string of the molecule is NNc1cc(Nc2cc(Br)c(F)cc2F)cc([N+](=O)[O-])c1. The maximum absolute atomic E-state index is 13.7. The number of anilines is 3. The molecule has 0 aliphatic carbocycles. The first-order chi connectivity index (χ1) is 9.90. The van der Waals surface area contributed by atoms with Crippen LogP contribution in [0.1, 0.15) is 0 Å². The minimum atomic E-state index is -0.829. The lowest BCUT2D eigenvalue weighted by Gasteiger charge is -2.10. The van der Waals surface area contributed by atoms with Crippen LogP contribution in [0, 0.1) is 21.7 Å². The Bertz CT molecular complexity index is 712. The Balaban J connectivity index is 2.41. The standard InChI is InChI=1S/C12H9BrF2N4O2/c13-9-4-12(11(15)5-10(9)14)17-6-1-7(18-16)3-8(2-6)19(20)21/h1-5,17-18H,16H2. The van der Waals surface area contributed by atoms with Crippen LogP contribution in [0.3, 0.4) is 0 Å². The highest BCUT2D eigenvalue weighted by Gasteiger charge is 2.12. The molecule has 110 valence electrons. The summed E-state index contributed by atoms with van der Waals surface area (Å²) in [5.41, 5.74) is 2.52. The molecule has 0 saturated carbocycles. The Labute approximate surface area is 126 Å². The topological polar surface area (TPSA) is 93.2 Å². The van der Waals surface area contributed by atoms with E-state index in [1.54, 1.807) is 0 Å². The van der Waals surface area contributed by atoms with Gasteiger partial charge in [-0.3, -0.25) is 16.0 Å². The number of nitro benzene ring substituents is 1. The lowest BCUT2D eigenvalue weighted by Crippen LogP contribution is -2.07. The Hall–Kier alpha value is -2.26. The van der Waals surface area contributed by atoms with Gasteiger partial charge < -0.3 is 10.7 Å². The molecule has 6 nitrogen and oxygen atoms in total. The molecule has 0 spiro atoms. The maximum atomic E-state index is 13.7. The van der Waals surface area contributed by atoms with E-state index < -0.39 is 16.6 Å². The maximum Gasteiger partial charge on any atom is 0.273 e. The van der Waals surface area contributed by atoms with Crippen molar-refractivity contribution in [3.8, 4) is 0 Å². The normalized spacial score (nSPS) is 10.3. The quantitative estimate of drug-likeness (QED) is 0.335. The van der Waals surface area contributed by atoms with Crippen LogP contribution in [0.5, 0.6) is 0 Å². The fraction of sp³-hybridized carbons (Fsp3) is 0. The zero-order valence-corrected chi connectivity index (χ0v) is 11.9. The summed E-state index contributed by atoms with van der Waals surface area (Å²) in [4.78, 5) is 10.2. The molecule has 0 saturated heterocycles. The van der Waals surface area contributed by atoms with E-state index in [0.717, 1.165) is 0 Å². The number of hydrazine groups is 1. The summed E-state index contributed by atoms with van der Waals surface area (Å²) in [5, 5.41) is 13.5. The van der Waals surface area contributed by atoms with E-state index in [4.69, 9.17) is 5.84 Å². The van der Waals surface area contributed by atoms with Crippen LogP contribution in [0.4, 0.5) is 31.5 Å². The summed E-state index contributed by atoms with van der Waals surface area (Å²) < 4.78 is 26.9. The van der Waals surface area contributed by atoms with E-state index in [1.165, 1.54) is 24.3 Å². The summed E-state index contributed by atoms with van der Waals surface area (Å²) in [6.45, 7) is 0. The molecule has 2 aromatic rings. The van der Waals surface area contributed by atoms with Gasteiger partial charge in [-0.2, -0.15) is 0 Å². The Morgan fingerprint density at radius 1 is 1.10 bits per heavy atom. The van der Waals surface area contributed by atoms with Crippen LogP contribution in [-0.4, -0.2) is 4.92 Å². The van der Waals surface area contributed by atoms with Gasteiger partial charge in [0.1, 0.15) is 11.6 Å². The second-order valence-corrected chi connectivity index (χ2v) is 4.90. The molecule has 0 atom stereocenters. The lowest BCUT2D eigenvalue weighted by molar-refractivity contribution is -0.384. The van der Waals surface area contributed by atoms with E-state index in [0.29, 0.717) is 6.07 Å². The van der Waals surface area contributed by atoms with Crippen molar-refractivity contribution < 1.29 is 13.7 Å². The van der Waals surface area contributed by atoms with Gasteiger partial charge in [-0.1, -0.05) is 0 Å². The van der Waals surface area contributed by atoms with Crippen molar-refractivity contribution in [2.45, 2.75) is 0 Å². The fourth-order valence-electron chi connectivity index (χ4n) is 1.65. The van der Waals surface area contributed by atoms with E-state index >= 15 is 0 Å². The smallest absolute Gasteiger partial charge is 0.273 e. The van der Waals surface area contributed by atoms with Gasteiger partial charge >= 0.3 is 0 Å². The van der Waals surface area contributed by atoms with Crippen molar-refractivity contribution in [1.29, 1.82) is 0 Å². The predicted molar refractivity (Wildman–Crippen MR) is 78.2 cm³/mol. The molecular formula is C12H9BrF2N4O2. The second-order valence-electron chi connectivity index (χ2n) is 4.04. The molecule has 0 unspecified atom stereocenters. The van der Waals surface area contributed by atoms with Gasteiger partial charge in [-0.15, -0.1) is 0 Å². The molecule has 0 fully saturated rings. The van der Waals surface area contributed by atoms with Gasteiger partial charge in [0.25, 0.3) is 5.69 Å². The third-order valence-electron chi connectivity index (χ3n) is 2.58. The Morgan fingerprint density at radius 3 is 2.38 bits per heavy atom. The molecule has 2 aromatic carbocycles. The van der Waals surface area contributed by atoms with Gasteiger partial charge in [0.2, 0.25) is 0 Å². The van der Waals surface area contributed by atoms with Crippen molar-refractivity contribution in [1.82, 2.24) is 0 Å². The minimum Gasteiger partial charge on any atom is -0.353 e. The Kier molecular flexibility index (Phi) is 4.34. The molecule has 0 heterocycles. The summed E-state index contributed by atoms with van der Waals surface area (Å²) in [6, 6.07) is 5.77. The number of nitrogens with one attached hydrogen (secondary N) is 2. The molecule has 0 amide bonds. The van der Waals surface area contributed by atoms with Crippen molar-refractivity contribution in [3.63, 3.8) is 0 Å². The molecule has 0 aliphatic rings. The first kappa shape index (κ1) is 15.1. The molecule has 0 aromatic heterocycles. The summed E-state index contributed by atoms with van der Waals surface area (Å²) >= 11 is 2.94. The predicted octanol–water partition coefficient (Wildman–Crippen LogP) is 3.66. The summed E-state index contributed by atoms with van der Waals surface area (Å²) in [5.74, 6) is 3.65. The first-order valence-electron chi connectivity index (χ1n) is 5.58. The van der Waals surface area contributed by atoms with E-state index in [9.17, 15) is 18.9 Å². The summed E-state index contributed by atoms with van der Waals surface area (Å²) in [6.07, 6.45) is 0. The molecule has 0 radical (unpaired) electrons. The molecule has 21 heavy (non-hydrogen) atoms. The van der Waals surface area contributed by atoms with Crippen LogP contribution in [0.15, 0.2) is 34.8 Å². The van der Waals surface area contributed by atoms with E-state index in [2.05, 4.69) is 26.7 Å². The van der Waals surface area contributed by atoms with Crippen molar-refractivity contribution in [2.24, 2.45) is 5.84 Å². The van der Waals surface area contributed by atoms with Gasteiger partial charge in [-0.25, -0.2) is 8.78 Å². The molecule has 2 rings (SSSR count). The molecular weight excluding hydrogens is 350 g/mol. The largest absolute Gasteiger partial charge is 0.353 e. The zero-order valence-electron chi connectivity index (χ0n) is 10.4. The van der Waals surface area contributed by atoms with Gasteiger partial charge in [0.05, 0.1) is 20.8 Å². The third-order valence-corrected chi connectivity index (χ3v) is 3.19. The van der Waals surface area contributed by atoms with Crippen LogP contribution >= 0.6 is 15.9 Å². The van der Waals surface area contributed by atoms with Gasteiger partial charge in [0, 0.05) is 23.9 Å². The Morgan fingerprint density at radius 2 is 1.76 bits per heavy atom. The number of nitrogen functional groups attached to an aromatic ring is 1. The van der Waals surface area contributed by atoms with E-state index in [-0.39, 0.29) is 27.2 Å². The number of rotatable bonds is 4. The molecule has 4 N–H and O–H groups in total. The number of non-ortho nitro benzene ring substituents is 1. The van der Waals surface area contributed by atoms with Crippen LogP contribution < -0.4 is 16.6 Å².